The van der Waals surface area contributed by atoms with Crippen molar-refractivity contribution in [2.24, 2.45) is 0 Å². The predicted octanol–water partition coefficient (Wildman–Crippen LogP) is 3.86. The maximum atomic E-state index is 12.1. The number of ether oxygens (including phenoxy) is 1. The van der Waals surface area contributed by atoms with Crippen LogP contribution in [0.4, 0.5) is 5.69 Å². The van der Waals surface area contributed by atoms with E-state index in [4.69, 9.17) is 4.74 Å². The number of benzene rings is 3. The first kappa shape index (κ1) is 21.3. The average molecular weight is 428 g/mol. The van der Waals surface area contributed by atoms with E-state index in [1.165, 1.54) is 0 Å². The van der Waals surface area contributed by atoms with Gasteiger partial charge in [-0.2, -0.15) is 0 Å². The molecule has 1 aliphatic rings. The molecule has 2 N–H and O–H groups in total. The first-order valence-corrected chi connectivity index (χ1v) is 10.6. The number of imide groups is 1. The Bertz CT molecular complexity index is 1090. The van der Waals surface area contributed by atoms with E-state index in [1.807, 2.05) is 78.9 Å². The maximum absolute atomic E-state index is 12.1. The lowest BCUT2D eigenvalue weighted by Crippen LogP contribution is -2.47. The number of hydrogen-bond donors (Lipinski definition) is 2. The van der Waals surface area contributed by atoms with Gasteiger partial charge in [-0.05, 0) is 40.8 Å². The van der Waals surface area contributed by atoms with Crippen LogP contribution in [0.15, 0.2) is 78.9 Å². The molecule has 3 aromatic carbocycles. The van der Waals surface area contributed by atoms with Crippen molar-refractivity contribution in [3.8, 4) is 11.1 Å². The molecule has 1 unspecified atom stereocenters. The van der Waals surface area contributed by atoms with E-state index in [0.717, 1.165) is 27.9 Å². The molecule has 6 heteroatoms. The second-order valence-corrected chi connectivity index (χ2v) is 7.75. The zero-order chi connectivity index (χ0) is 22.3. The van der Waals surface area contributed by atoms with E-state index in [-0.39, 0.29) is 30.8 Å². The van der Waals surface area contributed by atoms with Crippen molar-refractivity contribution in [2.45, 2.75) is 31.9 Å². The van der Waals surface area contributed by atoms with Gasteiger partial charge in [0, 0.05) is 12.1 Å². The van der Waals surface area contributed by atoms with Crippen molar-refractivity contribution in [3.05, 3.63) is 90.0 Å². The van der Waals surface area contributed by atoms with E-state index in [9.17, 15) is 14.4 Å². The third-order valence-corrected chi connectivity index (χ3v) is 5.34. The fourth-order valence-electron chi connectivity index (χ4n) is 3.56. The zero-order valence-electron chi connectivity index (χ0n) is 17.5. The largest absolute Gasteiger partial charge is 0.461 e. The molecule has 3 aromatic rings. The van der Waals surface area contributed by atoms with Crippen LogP contribution in [0.5, 0.6) is 0 Å². The first-order chi connectivity index (χ1) is 15.6. The number of anilines is 1. The van der Waals surface area contributed by atoms with E-state index in [1.54, 1.807) is 0 Å². The molecule has 0 bridgehead atoms. The molecule has 1 atom stereocenters. The SMILES string of the molecule is O=C1CCC(Nc2ccc(-c3ccc(CC(=O)OCc4ccccc4)cc3)cc2)C(=O)N1. The number of carbonyl (C=O) groups excluding carboxylic acids is 3. The summed E-state index contributed by atoms with van der Waals surface area (Å²) >= 11 is 0. The number of amides is 2. The Morgan fingerprint density at radius 2 is 1.53 bits per heavy atom. The van der Waals surface area contributed by atoms with Crippen molar-refractivity contribution in [1.82, 2.24) is 5.32 Å². The second kappa shape index (κ2) is 9.92. The zero-order valence-corrected chi connectivity index (χ0v) is 17.5. The van der Waals surface area contributed by atoms with Gasteiger partial charge in [-0.1, -0.05) is 66.7 Å². The monoisotopic (exact) mass is 428 g/mol. The minimum atomic E-state index is -0.403. The van der Waals surface area contributed by atoms with Crippen molar-refractivity contribution in [2.75, 3.05) is 5.32 Å². The summed E-state index contributed by atoms with van der Waals surface area (Å²) in [5.74, 6) is -0.773. The topological polar surface area (TPSA) is 84.5 Å². The Morgan fingerprint density at radius 3 is 2.19 bits per heavy atom. The van der Waals surface area contributed by atoms with Gasteiger partial charge in [-0.3, -0.25) is 19.7 Å². The standard InChI is InChI=1S/C26H24N2O4/c29-24-15-14-23(26(31)28-24)27-22-12-10-21(11-13-22)20-8-6-18(7-9-20)16-25(30)32-17-19-4-2-1-3-5-19/h1-13,23,27H,14-17H2,(H,28,29,31). The summed E-state index contributed by atoms with van der Waals surface area (Å²) in [7, 11) is 0. The average Bonchev–Trinajstić information content (AvgIpc) is 2.81. The van der Waals surface area contributed by atoms with Crippen LogP contribution in [0, 0.1) is 0 Å². The van der Waals surface area contributed by atoms with Gasteiger partial charge >= 0.3 is 5.97 Å². The molecule has 2 amide bonds. The molecule has 0 saturated carbocycles. The van der Waals surface area contributed by atoms with Gasteiger partial charge < -0.3 is 10.1 Å². The Hall–Kier alpha value is -3.93. The van der Waals surface area contributed by atoms with Crippen LogP contribution >= 0.6 is 0 Å². The Labute approximate surface area is 186 Å². The molecule has 1 heterocycles. The van der Waals surface area contributed by atoms with Crippen LogP contribution in [0.25, 0.3) is 11.1 Å². The van der Waals surface area contributed by atoms with Crippen molar-refractivity contribution >= 4 is 23.5 Å². The molecule has 1 saturated heterocycles. The summed E-state index contributed by atoms with van der Waals surface area (Å²) in [5, 5.41) is 5.52. The number of hydrogen-bond acceptors (Lipinski definition) is 5. The Kier molecular flexibility index (Phi) is 6.60. The molecule has 6 nitrogen and oxygen atoms in total. The van der Waals surface area contributed by atoms with E-state index < -0.39 is 6.04 Å². The molecular formula is C26H24N2O4. The minimum Gasteiger partial charge on any atom is -0.461 e. The van der Waals surface area contributed by atoms with Crippen LogP contribution in [-0.4, -0.2) is 23.8 Å². The van der Waals surface area contributed by atoms with Crippen LogP contribution in [0.1, 0.15) is 24.0 Å². The molecule has 0 aromatic heterocycles. The quantitative estimate of drug-likeness (QED) is 0.441. The predicted molar refractivity (Wildman–Crippen MR) is 122 cm³/mol. The van der Waals surface area contributed by atoms with Crippen LogP contribution < -0.4 is 10.6 Å². The minimum absolute atomic E-state index is 0.224. The molecule has 0 radical (unpaired) electrons. The van der Waals surface area contributed by atoms with Gasteiger partial charge in [0.1, 0.15) is 12.6 Å². The van der Waals surface area contributed by atoms with E-state index >= 15 is 0 Å². The highest BCUT2D eigenvalue weighted by atomic mass is 16.5. The molecular weight excluding hydrogens is 404 g/mol. The van der Waals surface area contributed by atoms with Gasteiger partial charge in [0.2, 0.25) is 11.8 Å². The molecule has 1 aliphatic heterocycles. The highest BCUT2D eigenvalue weighted by Gasteiger charge is 2.26. The molecule has 4 rings (SSSR count). The van der Waals surface area contributed by atoms with E-state index in [0.29, 0.717) is 12.8 Å². The van der Waals surface area contributed by atoms with Crippen LogP contribution in [0.2, 0.25) is 0 Å². The number of piperidine rings is 1. The fourth-order valence-corrected chi connectivity index (χ4v) is 3.56. The van der Waals surface area contributed by atoms with Crippen molar-refractivity contribution < 1.29 is 19.1 Å². The van der Waals surface area contributed by atoms with Crippen LogP contribution in [-0.2, 0) is 32.1 Å². The van der Waals surface area contributed by atoms with Gasteiger partial charge in [0.05, 0.1) is 6.42 Å². The highest BCUT2D eigenvalue weighted by Crippen LogP contribution is 2.23. The Balaban J connectivity index is 1.31. The summed E-state index contributed by atoms with van der Waals surface area (Å²) in [4.78, 5) is 35.3. The highest BCUT2D eigenvalue weighted by molar-refractivity contribution is 6.01. The molecule has 0 aliphatic carbocycles. The van der Waals surface area contributed by atoms with Gasteiger partial charge in [-0.25, -0.2) is 0 Å². The summed E-state index contributed by atoms with van der Waals surface area (Å²) in [5.41, 5.74) is 4.73. The van der Waals surface area contributed by atoms with E-state index in [2.05, 4.69) is 10.6 Å². The lowest BCUT2D eigenvalue weighted by Gasteiger charge is -2.22. The Morgan fingerprint density at radius 1 is 0.875 bits per heavy atom. The lowest BCUT2D eigenvalue weighted by molar-refractivity contribution is -0.144. The number of rotatable bonds is 7. The van der Waals surface area contributed by atoms with Crippen molar-refractivity contribution in [3.63, 3.8) is 0 Å². The van der Waals surface area contributed by atoms with Gasteiger partial charge in [-0.15, -0.1) is 0 Å². The second-order valence-electron chi connectivity index (χ2n) is 7.75. The summed E-state index contributed by atoms with van der Waals surface area (Å²) in [6, 6.07) is 24.8. The van der Waals surface area contributed by atoms with Gasteiger partial charge in [0.15, 0.2) is 0 Å². The molecule has 1 fully saturated rings. The number of esters is 1. The molecule has 0 spiro atoms. The van der Waals surface area contributed by atoms with Gasteiger partial charge in [0.25, 0.3) is 0 Å². The number of carbonyl (C=O) groups is 3. The third-order valence-electron chi connectivity index (χ3n) is 5.34. The van der Waals surface area contributed by atoms with Crippen molar-refractivity contribution in [1.29, 1.82) is 0 Å². The summed E-state index contributed by atoms with van der Waals surface area (Å²) in [6.07, 6.45) is 1.05. The maximum Gasteiger partial charge on any atom is 0.310 e. The lowest BCUT2D eigenvalue weighted by atomic mass is 10.0. The van der Waals surface area contributed by atoms with Crippen LogP contribution in [0.3, 0.4) is 0 Å². The number of nitrogens with one attached hydrogen (secondary N) is 2. The first-order valence-electron chi connectivity index (χ1n) is 10.6. The smallest absolute Gasteiger partial charge is 0.310 e. The third kappa shape index (κ3) is 5.60. The normalized spacial score (nSPS) is 15.7. The summed E-state index contributed by atoms with van der Waals surface area (Å²) < 4.78 is 5.34. The summed E-state index contributed by atoms with van der Waals surface area (Å²) in [6.45, 7) is 0.275. The molecule has 162 valence electrons. The fraction of sp³-hybridized carbons (Fsp3) is 0.192. The molecule has 32 heavy (non-hydrogen) atoms.